The molecule has 0 saturated heterocycles. The molecule has 94 valence electrons. The van der Waals surface area contributed by atoms with Crippen molar-refractivity contribution < 1.29 is 4.74 Å². The monoisotopic (exact) mass is 281 g/mol. The van der Waals surface area contributed by atoms with Gasteiger partial charge in [0, 0.05) is 11.1 Å². The molecule has 2 nitrogen and oxygen atoms in total. The molecule has 1 atom stereocenters. The molecule has 0 spiro atoms. The Hall–Kier alpha value is -1.22. The fraction of sp³-hybridized carbons (Fsp3) is 0.143. The van der Waals surface area contributed by atoms with Gasteiger partial charge < -0.3 is 10.5 Å². The van der Waals surface area contributed by atoms with Crippen molar-refractivity contribution in [3.63, 3.8) is 0 Å². The summed E-state index contributed by atoms with van der Waals surface area (Å²) in [6, 6.07) is 12.6. The van der Waals surface area contributed by atoms with E-state index in [-0.39, 0.29) is 6.04 Å². The zero-order valence-electron chi connectivity index (χ0n) is 9.86. The minimum Gasteiger partial charge on any atom is -0.456 e. The second-order valence-electron chi connectivity index (χ2n) is 4.04. The maximum Gasteiger partial charge on any atom is 0.146 e. The van der Waals surface area contributed by atoms with E-state index in [0.717, 1.165) is 5.56 Å². The van der Waals surface area contributed by atoms with E-state index in [1.54, 1.807) is 12.1 Å². The third-order valence-electron chi connectivity index (χ3n) is 2.51. The molecule has 0 fully saturated rings. The van der Waals surface area contributed by atoms with E-state index >= 15 is 0 Å². The van der Waals surface area contributed by atoms with E-state index in [9.17, 15) is 0 Å². The van der Waals surface area contributed by atoms with Crippen LogP contribution in [0.4, 0.5) is 0 Å². The summed E-state index contributed by atoms with van der Waals surface area (Å²) in [5.41, 5.74) is 6.76. The summed E-state index contributed by atoms with van der Waals surface area (Å²) in [4.78, 5) is 0. The average molecular weight is 282 g/mol. The second-order valence-corrected chi connectivity index (χ2v) is 4.88. The van der Waals surface area contributed by atoms with Gasteiger partial charge >= 0.3 is 0 Å². The predicted molar refractivity (Wildman–Crippen MR) is 75.6 cm³/mol. The van der Waals surface area contributed by atoms with Gasteiger partial charge in [-0.25, -0.2) is 0 Å². The van der Waals surface area contributed by atoms with E-state index in [4.69, 9.17) is 33.7 Å². The Bertz CT molecular complexity index is 555. The van der Waals surface area contributed by atoms with Gasteiger partial charge in [0.1, 0.15) is 11.5 Å². The molecule has 0 aliphatic heterocycles. The van der Waals surface area contributed by atoms with Gasteiger partial charge in [-0.15, -0.1) is 0 Å². The van der Waals surface area contributed by atoms with Crippen LogP contribution >= 0.6 is 23.2 Å². The van der Waals surface area contributed by atoms with Gasteiger partial charge in [0.2, 0.25) is 0 Å². The molecule has 0 unspecified atom stereocenters. The Kier molecular flexibility index (Phi) is 4.12. The number of halogens is 2. The summed E-state index contributed by atoms with van der Waals surface area (Å²) >= 11 is 12.0. The SMILES string of the molecule is C[C@@H](N)c1ccc(Oc2cccc(Cl)c2)c(Cl)c1. The number of nitrogens with two attached hydrogens (primary N) is 1. The van der Waals surface area contributed by atoms with Gasteiger partial charge in [0.15, 0.2) is 0 Å². The maximum atomic E-state index is 6.15. The number of rotatable bonds is 3. The first-order valence-corrected chi connectivity index (χ1v) is 6.30. The third-order valence-corrected chi connectivity index (χ3v) is 3.04. The summed E-state index contributed by atoms with van der Waals surface area (Å²) in [6.45, 7) is 1.91. The molecule has 0 amide bonds. The number of hydrogen-bond donors (Lipinski definition) is 1. The molecular formula is C14H13Cl2NO. The highest BCUT2D eigenvalue weighted by Gasteiger charge is 2.07. The van der Waals surface area contributed by atoms with Crippen LogP contribution in [0.3, 0.4) is 0 Å². The van der Waals surface area contributed by atoms with Crippen molar-refractivity contribution in [2.45, 2.75) is 13.0 Å². The summed E-state index contributed by atoms with van der Waals surface area (Å²) in [7, 11) is 0. The van der Waals surface area contributed by atoms with Crippen LogP contribution in [0.15, 0.2) is 42.5 Å². The molecule has 0 aromatic heterocycles. The summed E-state index contributed by atoms with van der Waals surface area (Å²) in [6.07, 6.45) is 0. The van der Waals surface area contributed by atoms with Gasteiger partial charge in [0.05, 0.1) is 5.02 Å². The average Bonchev–Trinajstić information content (AvgIpc) is 2.31. The quantitative estimate of drug-likeness (QED) is 0.877. The van der Waals surface area contributed by atoms with Crippen LogP contribution in [0, 0.1) is 0 Å². The van der Waals surface area contributed by atoms with Crippen LogP contribution in [0.25, 0.3) is 0 Å². The lowest BCUT2D eigenvalue weighted by atomic mass is 10.1. The second kappa shape index (κ2) is 5.61. The summed E-state index contributed by atoms with van der Waals surface area (Å²) in [5, 5.41) is 1.15. The van der Waals surface area contributed by atoms with Crippen molar-refractivity contribution in [1.29, 1.82) is 0 Å². The Morgan fingerprint density at radius 3 is 2.50 bits per heavy atom. The van der Waals surface area contributed by atoms with E-state index in [1.807, 2.05) is 37.3 Å². The van der Waals surface area contributed by atoms with Gasteiger partial charge in [-0.1, -0.05) is 35.3 Å². The van der Waals surface area contributed by atoms with E-state index in [2.05, 4.69) is 0 Å². The van der Waals surface area contributed by atoms with Gasteiger partial charge in [-0.2, -0.15) is 0 Å². The zero-order chi connectivity index (χ0) is 13.1. The Morgan fingerprint density at radius 2 is 1.89 bits per heavy atom. The standard InChI is InChI=1S/C14H13Cl2NO/c1-9(17)10-5-6-14(13(16)7-10)18-12-4-2-3-11(15)8-12/h2-9H,17H2,1H3/t9-/m1/s1. The molecule has 0 bridgehead atoms. The van der Waals surface area contributed by atoms with Crippen molar-refractivity contribution >= 4 is 23.2 Å². The van der Waals surface area contributed by atoms with Crippen molar-refractivity contribution in [1.82, 2.24) is 0 Å². The fourth-order valence-electron chi connectivity index (χ4n) is 1.54. The number of hydrogen-bond acceptors (Lipinski definition) is 2. The van der Waals surface area contributed by atoms with E-state index in [0.29, 0.717) is 21.5 Å². The molecule has 0 heterocycles. The normalized spacial score (nSPS) is 12.2. The molecule has 0 aliphatic carbocycles. The molecule has 2 aromatic carbocycles. The van der Waals surface area contributed by atoms with Gasteiger partial charge in [-0.3, -0.25) is 0 Å². The smallest absolute Gasteiger partial charge is 0.146 e. The first-order chi connectivity index (χ1) is 8.56. The number of benzene rings is 2. The Labute approximate surface area is 116 Å². The molecule has 2 N–H and O–H groups in total. The predicted octanol–water partition coefficient (Wildman–Crippen LogP) is 4.81. The molecular weight excluding hydrogens is 269 g/mol. The highest BCUT2D eigenvalue weighted by atomic mass is 35.5. The first-order valence-electron chi connectivity index (χ1n) is 5.54. The molecule has 0 saturated carbocycles. The molecule has 2 aromatic rings. The van der Waals surface area contributed by atoms with Crippen LogP contribution in [-0.4, -0.2) is 0 Å². The largest absolute Gasteiger partial charge is 0.456 e. The fourth-order valence-corrected chi connectivity index (χ4v) is 1.95. The highest BCUT2D eigenvalue weighted by molar-refractivity contribution is 6.32. The number of ether oxygens (including phenoxy) is 1. The van der Waals surface area contributed by atoms with E-state index < -0.39 is 0 Å². The molecule has 2 rings (SSSR count). The highest BCUT2D eigenvalue weighted by Crippen LogP contribution is 2.32. The molecule has 4 heteroatoms. The van der Waals surface area contributed by atoms with Crippen molar-refractivity contribution in [2.75, 3.05) is 0 Å². The summed E-state index contributed by atoms with van der Waals surface area (Å²) < 4.78 is 5.67. The van der Waals surface area contributed by atoms with Crippen molar-refractivity contribution in [2.24, 2.45) is 5.73 Å². The van der Waals surface area contributed by atoms with Crippen LogP contribution in [0.1, 0.15) is 18.5 Å². The topological polar surface area (TPSA) is 35.2 Å². The van der Waals surface area contributed by atoms with E-state index in [1.165, 1.54) is 0 Å². The van der Waals surface area contributed by atoms with Crippen LogP contribution in [-0.2, 0) is 0 Å². The van der Waals surface area contributed by atoms with Gasteiger partial charge in [0.25, 0.3) is 0 Å². The van der Waals surface area contributed by atoms with Crippen LogP contribution in [0.2, 0.25) is 10.0 Å². The Morgan fingerprint density at radius 1 is 1.11 bits per heavy atom. The maximum absolute atomic E-state index is 6.15. The molecule has 0 radical (unpaired) electrons. The Balaban J connectivity index is 2.24. The third kappa shape index (κ3) is 3.16. The lowest BCUT2D eigenvalue weighted by Gasteiger charge is -2.11. The minimum absolute atomic E-state index is 0.0530. The molecule has 18 heavy (non-hydrogen) atoms. The minimum atomic E-state index is -0.0530. The lowest BCUT2D eigenvalue weighted by molar-refractivity contribution is 0.482. The van der Waals surface area contributed by atoms with Gasteiger partial charge in [-0.05, 0) is 42.8 Å². The lowest BCUT2D eigenvalue weighted by Crippen LogP contribution is -2.04. The zero-order valence-corrected chi connectivity index (χ0v) is 11.4. The van der Waals surface area contributed by atoms with Crippen LogP contribution < -0.4 is 10.5 Å². The van der Waals surface area contributed by atoms with Crippen LogP contribution in [0.5, 0.6) is 11.5 Å². The molecule has 0 aliphatic rings. The summed E-state index contributed by atoms with van der Waals surface area (Å²) in [5.74, 6) is 1.24. The van der Waals surface area contributed by atoms with Crippen molar-refractivity contribution in [3.05, 3.63) is 58.1 Å². The first kappa shape index (κ1) is 13.2. The van der Waals surface area contributed by atoms with Crippen molar-refractivity contribution in [3.8, 4) is 11.5 Å².